The van der Waals surface area contributed by atoms with Gasteiger partial charge in [0.15, 0.2) is 11.6 Å². The first-order chi connectivity index (χ1) is 21.3. The molecule has 1 saturated heterocycles. The minimum atomic E-state index is -0.661. The summed E-state index contributed by atoms with van der Waals surface area (Å²) in [6.07, 6.45) is 1.83. The third-order valence-corrected chi connectivity index (χ3v) is 8.44. The van der Waals surface area contributed by atoms with Gasteiger partial charge in [0.2, 0.25) is 5.91 Å². The lowest BCUT2D eigenvalue weighted by molar-refractivity contribution is -0.130. The molecule has 9 nitrogen and oxygen atoms in total. The van der Waals surface area contributed by atoms with Crippen LogP contribution in [-0.4, -0.2) is 53.6 Å². The van der Waals surface area contributed by atoms with Crippen LogP contribution >= 0.6 is 0 Å². The number of hydrogen-bond acceptors (Lipinski definition) is 6. The predicted octanol–water partition coefficient (Wildman–Crippen LogP) is 5.80. The van der Waals surface area contributed by atoms with Crippen LogP contribution in [0.2, 0.25) is 0 Å². The Hall–Kier alpha value is -4.67. The number of halogens is 2. The van der Waals surface area contributed by atoms with Crippen molar-refractivity contribution in [1.82, 2.24) is 20.2 Å². The normalized spacial score (nSPS) is 16.0. The number of nitrogens with one attached hydrogen (secondary N) is 2. The molecular weight excluding hydrogens is 566 g/mol. The third kappa shape index (κ3) is 5.91. The highest BCUT2D eigenvalue weighted by Gasteiger charge is 2.30. The van der Waals surface area contributed by atoms with Crippen LogP contribution in [0.15, 0.2) is 54.6 Å². The van der Waals surface area contributed by atoms with Gasteiger partial charge in [0.1, 0.15) is 18.1 Å². The number of imidazole rings is 1. The van der Waals surface area contributed by atoms with Crippen LogP contribution in [0.5, 0.6) is 0 Å². The molecule has 44 heavy (non-hydrogen) atoms. The number of anilines is 2. The largest absolute Gasteiger partial charge is 0.453 e. The van der Waals surface area contributed by atoms with Crippen molar-refractivity contribution in [2.24, 2.45) is 0 Å². The molecule has 3 aromatic carbocycles. The number of carbonyl (C=O) groups is 2. The third-order valence-electron chi connectivity index (χ3n) is 8.44. The van der Waals surface area contributed by atoms with Crippen molar-refractivity contribution < 1.29 is 23.1 Å². The quantitative estimate of drug-likeness (QED) is 0.252. The van der Waals surface area contributed by atoms with Gasteiger partial charge in [0.05, 0.1) is 30.7 Å². The van der Waals surface area contributed by atoms with Gasteiger partial charge in [-0.05, 0) is 60.2 Å². The first-order valence-corrected chi connectivity index (χ1v) is 15.0. The number of ether oxygens (including phenoxy) is 1. The van der Waals surface area contributed by atoms with Crippen molar-refractivity contribution in [3.05, 3.63) is 88.7 Å². The Morgan fingerprint density at radius 3 is 2.50 bits per heavy atom. The lowest BCUT2D eigenvalue weighted by Crippen LogP contribution is -2.40. The molecule has 0 unspecified atom stereocenters. The van der Waals surface area contributed by atoms with E-state index in [-0.39, 0.29) is 30.7 Å². The molecule has 1 aromatic heterocycles. The van der Waals surface area contributed by atoms with Crippen molar-refractivity contribution in [3.63, 3.8) is 0 Å². The Kier molecular flexibility index (Phi) is 8.36. The van der Waals surface area contributed by atoms with Crippen LogP contribution in [0.3, 0.4) is 0 Å². The van der Waals surface area contributed by atoms with E-state index in [0.29, 0.717) is 37.7 Å². The van der Waals surface area contributed by atoms with E-state index in [2.05, 4.69) is 19.9 Å². The zero-order chi connectivity index (χ0) is 30.8. The molecule has 0 saturated carbocycles. The summed E-state index contributed by atoms with van der Waals surface area (Å²) in [4.78, 5) is 37.6. The number of carbonyl (C=O) groups excluding carboxylic acids is 2. The summed E-state index contributed by atoms with van der Waals surface area (Å²) >= 11 is 0. The number of rotatable bonds is 9. The minimum absolute atomic E-state index is 0.0165. The standard InChI is InChI=1S/C33H36F2N6O3/c1-3-12-39(31(42)17-36-33(43)44-2)20-30-37-27-11-10-21(14-28(27)38-30)29-9-6-13-41(29)24-15-25(34)32(26(35)16-24)40-18-22-7-4-5-8-23(22)19-40/h4-5,7-8,10-11,14-16,29H,3,6,9,12-13,17-20H2,1-2H3,(H,36,43)(H,37,38)/t29-/m1/s1. The summed E-state index contributed by atoms with van der Waals surface area (Å²) < 4.78 is 35.6. The summed E-state index contributed by atoms with van der Waals surface area (Å²) in [5.41, 5.74) is 5.32. The van der Waals surface area contributed by atoms with E-state index in [1.165, 1.54) is 19.2 Å². The van der Waals surface area contributed by atoms with E-state index in [9.17, 15) is 9.59 Å². The van der Waals surface area contributed by atoms with Crippen LogP contribution in [0.25, 0.3) is 11.0 Å². The Balaban J connectivity index is 1.19. The molecule has 0 bridgehead atoms. The first-order valence-electron chi connectivity index (χ1n) is 15.0. The molecule has 3 heterocycles. The van der Waals surface area contributed by atoms with Gasteiger partial charge in [-0.15, -0.1) is 0 Å². The second-order valence-corrected chi connectivity index (χ2v) is 11.4. The summed E-state index contributed by atoms with van der Waals surface area (Å²) in [5.74, 6) is -0.721. The van der Waals surface area contributed by atoms with Gasteiger partial charge in [0, 0.05) is 31.9 Å². The number of alkyl carbamates (subject to hydrolysis) is 1. The van der Waals surface area contributed by atoms with Gasteiger partial charge < -0.3 is 29.7 Å². The van der Waals surface area contributed by atoms with Gasteiger partial charge in [-0.25, -0.2) is 18.6 Å². The Labute approximate surface area is 254 Å². The maximum Gasteiger partial charge on any atom is 0.407 e. The highest BCUT2D eigenvalue weighted by atomic mass is 19.1. The Morgan fingerprint density at radius 1 is 1.09 bits per heavy atom. The number of amides is 2. The Bertz CT molecular complexity index is 1640. The van der Waals surface area contributed by atoms with Gasteiger partial charge in [-0.2, -0.15) is 0 Å². The van der Waals surface area contributed by atoms with E-state index in [1.54, 1.807) is 9.80 Å². The van der Waals surface area contributed by atoms with Gasteiger partial charge in [0.25, 0.3) is 0 Å². The zero-order valence-corrected chi connectivity index (χ0v) is 24.9. The van der Waals surface area contributed by atoms with E-state index >= 15 is 8.78 Å². The summed E-state index contributed by atoms with van der Waals surface area (Å²) in [6, 6.07) is 16.7. The number of methoxy groups -OCH3 is 1. The molecule has 1 fully saturated rings. The monoisotopic (exact) mass is 602 g/mol. The van der Waals surface area contributed by atoms with Crippen LogP contribution in [0.4, 0.5) is 25.0 Å². The fourth-order valence-electron chi connectivity index (χ4n) is 6.37. The summed E-state index contributed by atoms with van der Waals surface area (Å²) in [7, 11) is 1.25. The molecule has 6 rings (SSSR count). The second-order valence-electron chi connectivity index (χ2n) is 11.4. The molecular formula is C33H36F2N6O3. The second kappa shape index (κ2) is 12.5. The van der Waals surface area contributed by atoms with Gasteiger partial charge in [-0.3, -0.25) is 4.79 Å². The predicted molar refractivity (Wildman–Crippen MR) is 164 cm³/mol. The topological polar surface area (TPSA) is 93.8 Å². The first kappa shape index (κ1) is 29.4. The van der Waals surface area contributed by atoms with Crippen LogP contribution in [0, 0.1) is 11.6 Å². The van der Waals surface area contributed by atoms with Crippen LogP contribution in [0.1, 0.15) is 54.7 Å². The van der Waals surface area contributed by atoms with Crippen molar-refractivity contribution in [3.8, 4) is 0 Å². The number of fused-ring (bicyclic) bond motifs is 2. The van der Waals surface area contributed by atoms with Crippen molar-refractivity contribution >= 4 is 34.4 Å². The number of nitrogens with zero attached hydrogens (tertiary/aromatic N) is 4. The molecule has 2 N–H and O–H groups in total. The molecule has 1 atom stereocenters. The highest BCUT2D eigenvalue weighted by Crippen LogP contribution is 2.40. The molecule has 2 aliphatic rings. The van der Waals surface area contributed by atoms with E-state index in [1.807, 2.05) is 49.4 Å². The molecule has 0 aliphatic carbocycles. The molecule has 2 amide bonds. The average Bonchev–Trinajstić information content (AvgIpc) is 3.76. The molecule has 0 radical (unpaired) electrons. The molecule has 11 heteroatoms. The molecule has 0 spiro atoms. The maximum absolute atomic E-state index is 15.5. The number of H-pyrrole nitrogens is 1. The molecule has 230 valence electrons. The minimum Gasteiger partial charge on any atom is -0.453 e. The number of aromatic amines is 1. The fraction of sp³-hybridized carbons (Fsp3) is 0.364. The van der Waals surface area contributed by atoms with Gasteiger partial charge >= 0.3 is 6.09 Å². The maximum atomic E-state index is 15.5. The number of aromatic nitrogens is 2. The van der Waals surface area contributed by atoms with Crippen molar-refractivity contribution in [2.75, 3.05) is 36.5 Å². The lowest BCUT2D eigenvalue weighted by Gasteiger charge is -2.28. The smallest absolute Gasteiger partial charge is 0.407 e. The fourth-order valence-corrected chi connectivity index (χ4v) is 6.37. The number of benzene rings is 3. The molecule has 2 aliphatic heterocycles. The Morgan fingerprint density at radius 2 is 1.82 bits per heavy atom. The number of hydrogen-bond donors (Lipinski definition) is 2. The van der Waals surface area contributed by atoms with Crippen LogP contribution in [-0.2, 0) is 29.2 Å². The molecule has 4 aromatic rings. The SMILES string of the molecule is CCCN(Cc1nc2cc([C@H]3CCCN3c3cc(F)c(N4Cc5ccccc5C4)c(F)c3)ccc2[nH]1)C(=O)CNC(=O)OC. The van der Waals surface area contributed by atoms with Crippen LogP contribution < -0.4 is 15.1 Å². The zero-order valence-electron chi connectivity index (χ0n) is 24.9. The van der Waals surface area contributed by atoms with E-state index in [0.717, 1.165) is 47.0 Å². The van der Waals surface area contributed by atoms with E-state index < -0.39 is 17.7 Å². The lowest BCUT2D eigenvalue weighted by atomic mass is 10.0. The summed E-state index contributed by atoms with van der Waals surface area (Å²) in [6.45, 7) is 4.24. The van der Waals surface area contributed by atoms with Gasteiger partial charge in [-0.1, -0.05) is 37.3 Å². The average molecular weight is 603 g/mol. The van der Waals surface area contributed by atoms with E-state index in [4.69, 9.17) is 4.98 Å². The summed E-state index contributed by atoms with van der Waals surface area (Å²) in [5, 5.41) is 2.43. The highest BCUT2D eigenvalue weighted by molar-refractivity contribution is 5.82. The van der Waals surface area contributed by atoms with Crippen molar-refractivity contribution in [1.29, 1.82) is 0 Å². The van der Waals surface area contributed by atoms with Crippen molar-refractivity contribution in [2.45, 2.75) is 51.9 Å².